The number of aryl methyl sites for hydroxylation is 2. The van der Waals surface area contributed by atoms with Crippen molar-refractivity contribution in [3.8, 4) is 0 Å². The van der Waals surface area contributed by atoms with E-state index in [2.05, 4.69) is 17.6 Å². The summed E-state index contributed by atoms with van der Waals surface area (Å²) in [5.74, 6) is 0. The van der Waals surface area contributed by atoms with Crippen LogP contribution in [0.4, 0.5) is 0 Å². The van der Waals surface area contributed by atoms with Gasteiger partial charge in [0.25, 0.3) is 0 Å². The van der Waals surface area contributed by atoms with Crippen molar-refractivity contribution in [2.24, 2.45) is 0 Å². The fourth-order valence-electron chi connectivity index (χ4n) is 1.07. The van der Waals surface area contributed by atoms with Gasteiger partial charge in [0, 0.05) is 11.9 Å². The molecule has 1 rings (SSSR count). The minimum atomic E-state index is 1.06. The maximum atomic E-state index is 4.24. The molecule has 0 bridgehead atoms. The Morgan fingerprint density at radius 3 is 2.55 bits per heavy atom. The zero-order chi connectivity index (χ0) is 8.43. The molecule has 11 heavy (non-hydrogen) atoms. The van der Waals surface area contributed by atoms with Crippen LogP contribution in [0, 0.1) is 13.8 Å². The smallest absolute Gasteiger partial charge is 0.0447 e. The molecule has 0 aliphatic carbocycles. The van der Waals surface area contributed by atoms with Crippen LogP contribution in [0.5, 0.6) is 0 Å². The summed E-state index contributed by atoms with van der Waals surface area (Å²) in [5.41, 5.74) is 4.50. The number of hydrogen-bond acceptors (Lipinski definition) is 1. The predicted octanol–water partition coefficient (Wildman–Crippen LogP) is 2.73. The van der Waals surface area contributed by atoms with Crippen molar-refractivity contribution in [2.45, 2.75) is 20.8 Å². The van der Waals surface area contributed by atoms with Gasteiger partial charge < -0.3 is 0 Å². The average Bonchev–Trinajstić information content (AvgIpc) is 1.94. The number of nitrogens with zero attached hydrogens (tertiary/aromatic N) is 1. The van der Waals surface area contributed by atoms with Gasteiger partial charge in [-0.2, -0.15) is 0 Å². The van der Waals surface area contributed by atoms with Crippen LogP contribution in [-0.4, -0.2) is 4.98 Å². The van der Waals surface area contributed by atoms with Crippen LogP contribution in [0.3, 0.4) is 0 Å². The first kappa shape index (κ1) is 7.99. The second-order valence-electron chi connectivity index (χ2n) is 2.93. The SMILES string of the molecule is C=C(C)c1cc(C)cnc1C. The number of aromatic nitrogens is 1. The minimum Gasteiger partial charge on any atom is -0.261 e. The third kappa shape index (κ3) is 1.67. The average molecular weight is 147 g/mol. The summed E-state index contributed by atoms with van der Waals surface area (Å²) in [5, 5.41) is 0. The molecule has 0 fully saturated rings. The van der Waals surface area contributed by atoms with Crippen molar-refractivity contribution >= 4 is 5.57 Å². The first-order chi connectivity index (χ1) is 5.11. The molecule has 0 N–H and O–H groups in total. The van der Waals surface area contributed by atoms with Gasteiger partial charge in [0.15, 0.2) is 0 Å². The molecule has 0 saturated carbocycles. The van der Waals surface area contributed by atoms with Gasteiger partial charge in [0.05, 0.1) is 0 Å². The second kappa shape index (κ2) is 2.87. The molecule has 58 valence electrons. The molecule has 1 aromatic rings. The Morgan fingerprint density at radius 2 is 2.09 bits per heavy atom. The molecule has 0 aromatic carbocycles. The maximum Gasteiger partial charge on any atom is 0.0447 e. The summed E-state index contributed by atoms with van der Waals surface area (Å²) < 4.78 is 0. The van der Waals surface area contributed by atoms with Gasteiger partial charge in [-0.05, 0) is 43.5 Å². The normalized spacial score (nSPS) is 9.73. The molecule has 1 heterocycles. The lowest BCUT2D eigenvalue weighted by Crippen LogP contribution is -1.89. The van der Waals surface area contributed by atoms with Crippen LogP contribution >= 0.6 is 0 Å². The summed E-state index contributed by atoms with van der Waals surface area (Å²) in [6.07, 6.45) is 1.88. The second-order valence-corrected chi connectivity index (χ2v) is 2.93. The summed E-state index contributed by atoms with van der Waals surface area (Å²) in [6, 6.07) is 2.12. The van der Waals surface area contributed by atoms with Crippen molar-refractivity contribution in [3.63, 3.8) is 0 Å². The lowest BCUT2D eigenvalue weighted by atomic mass is 10.1. The van der Waals surface area contributed by atoms with Gasteiger partial charge in [-0.3, -0.25) is 4.98 Å². The molecule has 0 amide bonds. The third-order valence-electron chi connectivity index (χ3n) is 1.68. The first-order valence-electron chi connectivity index (χ1n) is 3.70. The zero-order valence-electron chi connectivity index (χ0n) is 7.31. The minimum absolute atomic E-state index is 1.06. The molecule has 0 aliphatic rings. The largest absolute Gasteiger partial charge is 0.261 e. The van der Waals surface area contributed by atoms with Crippen LogP contribution in [0.2, 0.25) is 0 Å². The van der Waals surface area contributed by atoms with Gasteiger partial charge in [-0.25, -0.2) is 0 Å². The zero-order valence-corrected chi connectivity index (χ0v) is 7.31. The Hall–Kier alpha value is -1.11. The summed E-state index contributed by atoms with van der Waals surface area (Å²) in [7, 11) is 0. The number of hydrogen-bond donors (Lipinski definition) is 0. The molecule has 0 unspecified atom stereocenters. The van der Waals surface area contributed by atoms with Crippen LogP contribution in [0.25, 0.3) is 5.57 Å². The van der Waals surface area contributed by atoms with Crippen molar-refractivity contribution < 1.29 is 0 Å². The summed E-state index contributed by atoms with van der Waals surface area (Å²) in [4.78, 5) is 4.24. The highest BCUT2D eigenvalue weighted by molar-refractivity contribution is 5.63. The van der Waals surface area contributed by atoms with Crippen LogP contribution in [0.1, 0.15) is 23.7 Å². The number of allylic oxidation sites excluding steroid dienone is 1. The Kier molecular flexibility index (Phi) is 2.08. The fraction of sp³-hybridized carbons (Fsp3) is 0.300. The highest BCUT2D eigenvalue weighted by Crippen LogP contribution is 2.15. The maximum absolute atomic E-state index is 4.24. The number of pyridine rings is 1. The van der Waals surface area contributed by atoms with E-state index in [1.165, 1.54) is 11.1 Å². The topological polar surface area (TPSA) is 12.9 Å². The van der Waals surface area contributed by atoms with E-state index in [0.717, 1.165) is 11.3 Å². The standard InChI is InChI=1S/C10H13N/c1-7(2)10-5-8(3)6-11-9(10)4/h5-6H,1H2,2-4H3. The van der Waals surface area contributed by atoms with E-state index in [1.54, 1.807) is 0 Å². The van der Waals surface area contributed by atoms with E-state index >= 15 is 0 Å². The van der Waals surface area contributed by atoms with Crippen molar-refractivity contribution in [1.82, 2.24) is 4.98 Å². The highest BCUT2D eigenvalue weighted by Gasteiger charge is 1.98. The molecule has 0 radical (unpaired) electrons. The van der Waals surface area contributed by atoms with Gasteiger partial charge in [0.1, 0.15) is 0 Å². The molecule has 1 aromatic heterocycles. The Labute approximate surface area is 67.8 Å². The van der Waals surface area contributed by atoms with E-state index in [1.807, 2.05) is 27.0 Å². The molecule has 0 spiro atoms. The molecule has 0 atom stereocenters. The third-order valence-corrected chi connectivity index (χ3v) is 1.68. The van der Waals surface area contributed by atoms with Crippen LogP contribution in [0.15, 0.2) is 18.8 Å². The first-order valence-corrected chi connectivity index (χ1v) is 3.70. The quantitative estimate of drug-likeness (QED) is 0.595. The molecular weight excluding hydrogens is 134 g/mol. The van der Waals surface area contributed by atoms with Crippen LogP contribution < -0.4 is 0 Å². The molecular formula is C10H13N. The monoisotopic (exact) mass is 147 g/mol. The Bertz CT molecular complexity index is 287. The molecule has 1 nitrogen and oxygen atoms in total. The van der Waals surface area contributed by atoms with Gasteiger partial charge in [0.2, 0.25) is 0 Å². The van der Waals surface area contributed by atoms with Crippen molar-refractivity contribution in [2.75, 3.05) is 0 Å². The molecule has 1 heteroatoms. The van der Waals surface area contributed by atoms with E-state index in [9.17, 15) is 0 Å². The van der Waals surface area contributed by atoms with Crippen LogP contribution in [-0.2, 0) is 0 Å². The van der Waals surface area contributed by atoms with Crippen molar-refractivity contribution in [3.05, 3.63) is 35.7 Å². The molecule has 0 aliphatic heterocycles. The van der Waals surface area contributed by atoms with E-state index in [-0.39, 0.29) is 0 Å². The van der Waals surface area contributed by atoms with E-state index in [4.69, 9.17) is 0 Å². The molecule has 0 saturated heterocycles. The Morgan fingerprint density at radius 1 is 1.45 bits per heavy atom. The number of rotatable bonds is 1. The van der Waals surface area contributed by atoms with Gasteiger partial charge in [-0.15, -0.1) is 0 Å². The summed E-state index contributed by atoms with van der Waals surface area (Å²) >= 11 is 0. The lowest BCUT2D eigenvalue weighted by Gasteiger charge is -2.03. The van der Waals surface area contributed by atoms with E-state index < -0.39 is 0 Å². The fourth-order valence-corrected chi connectivity index (χ4v) is 1.07. The Balaban J connectivity index is 3.23. The highest BCUT2D eigenvalue weighted by atomic mass is 14.7. The van der Waals surface area contributed by atoms with Gasteiger partial charge in [-0.1, -0.05) is 6.58 Å². The predicted molar refractivity (Wildman–Crippen MR) is 48.4 cm³/mol. The lowest BCUT2D eigenvalue weighted by molar-refractivity contribution is 1.15. The van der Waals surface area contributed by atoms with E-state index in [0.29, 0.717) is 0 Å². The van der Waals surface area contributed by atoms with Crippen molar-refractivity contribution in [1.29, 1.82) is 0 Å². The summed E-state index contributed by atoms with van der Waals surface area (Å²) in [6.45, 7) is 9.93. The van der Waals surface area contributed by atoms with Gasteiger partial charge >= 0.3 is 0 Å².